The zero-order valence-corrected chi connectivity index (χ0v) is 11.1. The van der Waals surface area contributed by atoms with Gasteiger partial charge in [0, 0.05) is 0 Å². The summed E-state index contributed by atoms with van der Waals surface area (Å²) in [5, 5.41) is 14.2. The smallest absolute Gasteiger partial charge is 0.352 e. The first-order chi connectivity index (χ1) is 9.15. The molecule has 1 aliphatic rings. The quantitative estimate of drug-likeness (QED) is 0.629. The van der Waals surface area contributed by atoms with Crippen molar-refractivity contribution < 1.29 is 14.4 Å². The third-order valence-electron chi connectivity index (χ3n) is 3.34. The summed E-state index contributed by atoms with van der Waals surface area (Å²) in [6, 6.07) is 4.88. The van der Waals surface area contributed by atoms with Crippen LogP contribution in [0.2, 0.25) is 0 Å². The normalized spacial score (nSPS) is 21.6. The maximum Gasteiger partial charge on any atom is 0.352 e. The molecule has 6 heteroatoms. The van der Waals surface area contributed by atoms with Gasteiger partial charge in [-0.1, -0.05) is 6.07 Å². The minimum Gasteiger partial charge on any atom is -0.490 e. The highest BCUT2D eigenvalue weighted by Gasteiger charge is 2.32. The van der Waals surface area contributed by atoms with E-state index in [1.54, 1.807) is 18.2 Å². The molecular formula is C13H18N2O4. The molecule has 0 atom stereocenters. The number of methoxy groups -OCH3 is 1. The molecule has 0 heterocycles. The van der Waals surface area contributed by atoms with Crippen LogP contribution in [-0.4, -0.2) is 31.7 Å². The molecular weight excluding hydrogens is 248 g/mol. The molecule has 6 nitrogen and oxygen atoms in total. The van der Waals surface area contributed by atoms with Gasteiger partial charge in [-0.3, -0.25) is 10.1 Å². The van der Waals surface area contributed by atoms with Crippen LogP contribution >= 0.6 is 0 Å². The Bertz CT molecular complexity index is 458. The summed E-state index contributed by atoms with van der Waals surface area (Å²) in [5.41, 5.74) is -0.0953. The molecule has 0 aliphatic heterocycles. The van der Waals surface area contributed by atoms with E-state index < -0.39 is 4.92 Å². The van der Waals surface area contributed by atoms with Gasteiger partial charge in [0.25, 0.3) is 0 Å². The fourth-order valence-electron chi connectivity index (χ4n) is 2.35. The van der Waals surface area contributed by atoms with Crippen LogP contribution in [0.5, 0.6) is 11.5 Å². The number of nitro groups is 1. The molecule has 2 rings (SSSR count). The van der Waals surface area contributed by atoms with Crippen LogP contribution in [0.3, 0.4) is 0 Å². The van der Waals surface area contributed by atoms with Crippen LogP contribution in [0.15, 0.2) is 18.2 Å². The molecule has 1 aliphatic carbocycles. The Kier molecular flexibility index (Phi) is 4.21. The molecule has 0 bridgehead atoms. The number of hydrogen-bond acceptors (Lipinski definition) is 5. The van der Waals surface area contributed by atoms with Gasteiger partial charge in [-0.15, -0.1) is 0 Å². The monoisotopic (exact) mass is 266 g/mol. The molecule has 0 amide bonds. The highest BCUT2D eigenvalue weighted by molar-refractivity contribution is 5.57. The Morgan fingerprint density at radius 3 is 2.68 bits per heavy atom. The Balaban J connectivity index is 2.07. The fourth-order valence-corrected chi connectivity index (χ4v) is 2.35. The van der Waals surface area contributed by atoms with Crippen molar-refractivity contribution in [3.8, 4) is 11.5 Å². The zero-order chi connectivity index (χ0) is 13.8. The van der Waals surface area contributed by atoms with E-state index in [1.165, 1.54) is 7.11 Å². The zero-order valence-electron chi connectivity index (χ0n) is 11.1. The summed E-state index contributed by atoms with van der Waals surface area (Å²) in [6.45, 7) is 0.958. The lowest BCUT2D eigenvalue weighted by molar-refractivity contribution is -0.387. The van der Waals surface area contributed by atoms with Crippen LogP contribution in [0.4, 0.5) is 5.69 Å². The molecule has 1 saturated carbocycles. The number of ether oxygens (including phenoxy) is 2. The van der Waals surface area contributed by atoms with Crippen LogP contribution in [0.25, 0.3) is 0 Å². The van der Waals surface area contributed by atoms with E-state index in [1.807, 2.05) is 7.05 Å². The van der Waals surface area contributed by atoms with Gasteiger partial charge >= 0.3 is 5.69 Å². The molecule has 104 valence electrons. The lowest BCUT2D eigenvalue weighted by Crippen LogP contribution is -2.38. The van der Waals surface area contributed by atoms with Crippen molar-refractivity contribution in [2.45, 2.75) is 18.9 Å². The molecule has 0 saturated heterocycles. The van der Waals surface area contributed by atoms with E-state index in [0.717, 1.165) is 19.4 Å². The first kappa shape index (κ1) is 13.6. The molecule has 0 spiro atoms. The summed E-state index contributed by atoms with van der Waals surface area (Å²) in [4.78, 5) is 10.6. The molecule has 1 aromatic rings. The van der Waals surface area contributed by atoms with Gasteiger partial charge in [-0.25, -0.2) is 0 Å². The van der Waals surface area contributed by atoms with Crippen molar-refractivity contribution in [2.24, 2.45) is 5.92 Å². The Morgan fingerprint density at radius 1 is 1.42 bits per heavy atom. The number of para-hydroxylation sites is 1. The fraction of sp³-hybridized carbons (Fsp3) is 0.538. The number of rotatable bonds is 6. The predicted molar refractivity (Wildman–Crippen MR) is 70.7 cm³/mol. The maximum atomic E-state index is 11.1. The van der Waals surface area contributed by atoms with Gasteiger partial charge in [0.1, 0.15) is 0 Å². The van der Waals surface area contributed by atoms with Gasteiger partial charge in [0.15, 0.2) is 0 Å². The van der Waals surface area contributed by atoms with E-state index in [-0.39, 0.29) is 23.3 Å². The Morgan fingerprint density at radius 2 is 2.11 bits per heavy atom. The van der Waals surface area contributed by atoms with E-state index in [4.69, 9.17) is 9.47 Å². The van der Waals surface area contributed by atoms with Crippen molar-refractivity contribution in [3.63, 3.8) is 0 Å². The molecule has 1 fully saturated rings. The van der Waals surface area contributed by atoms with Crippen molar-refractivity contribution in [1.29, 1.82) is 0 Å². The van der Waals surface area contributed by atoms with Gasteiger partial charge in [0.2, 0.25) is 11.5 Å². The Hall–Kier alpha value is -1.82. The van der Waals surface area contributed by atoms with Crippen LogP contribution < -0.4 is 14.8 Å². The standard InChI is InChI=1S/C13H18N2O4/c1-14-8-9-6-10(7-9)19-12-5-3-4-11(18-2)13(12)15(16)17/h3-5,9-10,14H,6-8H2,1-2H3. The second-order valence-corrected chi connectivity index (χ2v) is 4.70. The van der Waals surface area contributed by atoms with E-state index >= 15 is 0 Å². The topological polar surface area (TPSA) is 73.6 Å². The lowest BCUT2D eigenvalue weighted by Gasteiger charge is -2.35. The van der Waals surface area contributed by atoms with Crippen molar-refractivity contribution >= 4 is 5.69 Å². The summed E-state index contributed by atoms with van der Waals surface area (Å²) in [7, 11) is 3.33. The van der Waals surface area contributed by atoms with Crippen molar-refractivity contribution in [2.75, 3.05) is 20.7 Å². The number of nitrogens with one attached hydrogen (secondary N) is 1. The summed E-state index contributed by atoms with van der Waals surface area (Å²) < 4.78 is 10.7. The molecule has 0 unspecified atom stereocenters. The van der Waals surface area contributed by atoms with E-state index in [0.29, 0.717) is 5.92 Å². The minimum atomic E-state index is -0.460. The highest BCUT2D eigenvalue weighted by atomic mass is 16.6. The number of hydrogen-bond donors (Lipinski definition) is 1. The highest BCUT2D eigenvalue weighted by Crippen LogP contribution is 2.39. The third-order valence-corrected chi connectivity index (χ3v) is 3.34. The van der Waals surface area contributed by atoms with Crippen LogP contribution in [0.1, 0.15) is 12.8 Å². The maximum absolute atomic E-state index is 11.1. The summed E-state index contributed by atoms with van der Waals surface area (Å²) in [5.74, 6) is 1.12. The second kappa shape index (κ2) is 5.88. The largest absolute Gasteiger partial charge is 0.490 e. The average Bonchev–Trinajstić information content (AvgIpc) is 2.35. The predicted octanol–water partition coefficient (Wildman–Crippen LogP) is 1.98. The lowest BCUT2D eigenvalue weighted by atomic mass is 9.82. The first-order valence-corrected chi connectivity index (χ1v) is 6.28. The summed E-state index contributed by atoms with van der Waals surface area (Å²) >= 11 is 0. The Labute approximate surface area is 111 Å². The number of nitro benzene ring substituents is 1. The molecule has 0 aromatic heterocycles. The van der Waals surface area contributed by atoms with Gasteiger partial charge in [-0.05, 0) is 44.5 Å². The van der Waals surface area contributed by atoms with Crippen molar-refractivity contribution in [3.05, 3.63) is 28.3 Å². The van der Waals surface area contributed by atoms with Crippen LogP contribution in [-0.2, 0) is 0 Å². The molecule has 1 N–H and O–H groups in total. The van der Waals surface area contributed by atoms with Gasteiger partial charge in [-0.2, -0.15) is 0 Å². The summed E-state index contributed by atoms with van der Waals surface area (Å²) in [6.07, 6.45) is 1.91. The van der Waals surface area contributed by atoms with E-state index in [9.17, 15) is 10.1 Å². The SMILES string of the molecule is CNCC1CC(Oc2cccc(OC)c2[N+](=O)[O-])C1. The van der Waals surface area contributed by atoms with Gasteiger partial charge in [0.05, 0.1) is 18.1 Å². The number of nitrogens with zero attached hydrogens (tertiary/aromatic N) is 1. The minimum absolute atomic E-state index is 0.0594. The van der Waals surface area contributed by atoms with Crippen molar-refractivity contribution in [1.82, 2.24) is 5.32 Å². The van der Waals surface area contributed by atoms with Gasteiger partial charge < -0.3 is 14.8 Å². The second-order valence-electron chi connectivity index (χ2n) is 4.70. The average molecular weight is 266 g/mol. The third kappa shape index (κ3) is 2.96. The molecule has 1 aromatic carbocycles. The van der Waals surface area contributed by atoms with Crippen LogP contribution in [0, 0.1) is 16.0 Å². The first-order valence-electron chi connectivity index (χ1n) is 6.28. The van der Waals surface area contributed by atoms with E-state index in [2.05, 4.69) is 5.32 Å². The number of benzene rings is 1. The molecule has 0 radical (unpaired) electrons. The molecule has 19 heavy (non-hydrogen) atoms.